The number of Topliss-reactive ketones (excluding diaryl/α,β-unsaturated/α-hetero) is 3. The van der Waals surface area contributed by atoms with Crippen LogP contribution < -0.4 is 9.47 Å². The van der Waals surface area contributed by atoms with Gasteiger partial charge in [0.05, 0.1) is 32.5 Å². The molecular weight excluding hydrogens is 308 g/mol. The number of carbonyl (C=O) groups excluding carboxylic acids is 3. The summed E-state index contributed by atoms with van der Waals surface area (Å²) in [7, 11) is 3.49. The third-order valence-corrected chi connectivity index (χ3v) is 3.44. The van der Waals surface area contributed by atoms with Crippen molar-refractivity contribution in [3.05, 3.63) is 22.5 Å². The molecule has 1 aliphatic carbocycles. The summed E-state index contributed by atoms with van der Waals surface area (Å²) in [5, 5.41) is 20.5. The van der Waals surface area contributed by atoms with E-state index in [0.29, 0.717) is 0 Å². The Morgan fingerprint density at radius 2 is 1.26 bits per heavy atom. The molecule has 1 aromatic carbocycles. The van der Waals surface area contributed by atoms with E-state index in [-0.39, 0.29) is 11.5 Å². The van der Waals surface area contributed by atoms with Crippen molar-refractivity contribution in [2.45, 2.75) is 6.92 Å². The SMILES string of the molecule is COC1=C(C(C)=O)C(=O)c2c(O)c(OC)c(OC)c(O)c2C1=O. The summed E-state index contributed by atoms with van der Waals surface area (Å²) in [6.07, 6.45) is 0. The molecule has 1 aromatic rings. The molecule has 2 N–H and O–H groups in total. The highest BCUT2D eigenvalue weighted by atomic mass is 16.5. The number of aromatic hydroxyl groups is 2. The third-order valence-electron chi connectivity index (χ3n) is 3.44. The zero-order valence-corrected chi connectivity index (χ0v) is 12.8. The topological polar surface area (TPSA) is 119 Å². The van der Waals surface area contributed by atoms with Gasteiger partial charge in [-0.25, -0.2) is 0 Å². The molecule has 0 spiro atoms. The lowest BCUT2D eigenvalue weighted by molar-refractivity contribution is -0.113. The predicted molar refractivity (Wildman–Crippen MR) is 76.3 cm³/mol. The van der Waals surface area contributed by atoms with Crippen LogP contribution in [0.5, 0.6) is 23.0 Å². The number of allylic oxidation sites excluding steroid dienone is 2. The number of benzene rings is 1. The van der Waals surface area contributed by atoms with Gasteiger partial charge in [0.25, 0.3) is 0 Å². The lowest BCUT2D eigenvalue weighted by atomic mass is 9.84. The molecule has 2 rings (SSSR count). The molecule has 8 heteroatoms. The van der Waals surface area contributed by atoms with E-state index in [1.54, 1.807) is 0 Å². The van der Waals surface area contributed by atoms with Crippen LogP contribution in [0.25, 0.3) is 0 Å². The number of carbonyl (C=O) groups is 3. The van der Waals surface area contributed by atoms with Crippen LogP contribution in [0.2, 0.25) is 0 Å². The van der Waals surface area contributed by atoms with Gasteiger partial charge in [-0.3, -0.25) is 14.4 Å². The monoisotopic (exact) mass is 322 g/mol. The Hall–Kier alpha value is -3.03. The van der Waals surface area contributed by atoms with E-state index in [2.05, 4.69) is 0 Å². The first kappa shape index (κ1) is 16.3. The second-order valence-electron chi connectivity index (χ2n) is 4.64. The lowest BCUT2D eigenvalue weighted by Gasteiger charge is -2.23. The third kappa shape index (κ3) is 2.10. The van der Waals surface area contributed by atoms with Crippen LogP contribution in [0.1, 0.15) is 27.6 Å². The van der Waals surface area contributed by atoms with Gasteiger partial charge in [0.2, 0.25) is 23.1 Å². The van der Waals surface area contributed by atoms with Gasteiger partial charge in [-0.1, -0.05) is 0 Å². The Morgan fingerprint density at radius 1 is 0.826 bits per heavy atom. The van der Waals surface area contributed by atoms with Crippen molar-refractivity contribution in [3.63, 3.8) is 0 Å². The maximum absolute atomic E-state index is 12.5. The second-order valence-corrected chi connectivity index (χ2v) is 4.64. The minimum Gasteiger partial charge on any atom is -0.504 e. The second kappa shape index (κ2) is 5.64. The smallest absolute Gasteiger partial charge is 0.233 e. The van der Waals surface area contributed by atoms with Gasteiger partial charge in [0.15, 0.2) is 23.0 Å². The van der Waals surface area contributed by atoms with Crippen molar-refractivity contribution < 1.29 is 38.8 Å². The van der Waals surface area contributed by atoms with Crippen molar-refractivity contribution >= 4 is 17.3 Å². The zero-order valence-electron chi connectivity index (χ0n) is 12.8. The number of methoxy groups -OCH3 is 3. The number of rotatable bonds is 4. The molecule has 122 valence electrons. The molecule has 0 aromatic heterocycles. The van der Waals surface area contributed by atoms with Gasteiger partial charge >= 0.3 is 0 Å². The number of hydrogen-bond acceptors (Lipinski definition) is 8. The maximum Gasteiger partial charge on any atom is 0.233 e. The molecule has 0 radical (unpaired) electrons. The molecule has 23 heavy (non-hydrogen) atoms. The van der Waals surface area contributed by atoms with Gasteiger partial charge in [0.1, 0.15) is 5.57 Å². The summed E-state index contributed by atoms with van der Waals surface area (Å²) in [5.74, 6) is -5.10. The number of ketones is 3. The molecule has 0 bridgehead atoms. The maximum atomic E-state index is 12.5. The number of fused-ring (bicyclic) bond motifs is 1. The molecule has 0 saturated heterocycles. The summed E-state index contributed by atoms with van der Waals surface area (Å²) >= 11 is 0. The van der Waals surface area contributed by atoms with Crippen LogP contribution in [-0.2, 0) is 9.53 Å². The number of hydrogen-bond donors (Lipinski definition) is 2. The fraction of sp³-hybridized carbons (Fsp3) is 0.267. The summed E-state index contributed by atoms with van der Waals surface area (Å²) in [6.45, 7) is 1.09. The standard InChI is InChI=1S/C15H14O8/c1-5(16)6-9(17)7-8(10(18)13(6)21-2)12(20)15(23-4)14(22-3)11(7)19/h19-20H,1-4H3. The number of phenolic OH excluding ortho intramolecular Hbond substituents is 2. The molecule has 0 aliphatic heterocycles. The normalized spacial score (nSPS) is 13.7. The van der Waals surface area contributed by atoms with E-state index >= 15 is 0 Å². The van der Waals surface area contributed by atoms with E-state index in [1.807, 2.05) is 0 Å². The fourth-order valence-corrected chi connectivity index (χ4v) is 2.47. The minimum absolute atomic E-state index is 0.313. The van der Waals surface area contributed by atoms with E-state index in [9.17, 15) is 24.6 Å². The van der Waals surface area contributed by atoms with Gasteiger partial charge < -0.3 is 24.4 Å². The van der Waals surface area contributed by atoms with Crippen molar-refractivity contribution in [2.75, 3.05) is 21.3 Å². The summed E-state index contributed by atoms with van der Waals surface area (Å²) in [6, 6.07) is 0. The Bertz CT molecular complexity index is 772. The van der Waals surface area contributed by atoms with Crippen LogP contribution in [-0.4, -0.2) is 48.9 Å². The molecule has 8 nitrogen and oxygen atoms in total. The highest BCUT2D eigenvalue weighted by Gasteiger charge is 2.42. The summed E-state index contributed by atoms with van der Waals surface area (Å²) in [4.78, 5) is 36.7. The van der Waals surface area contributed by atoms with E-state index in [4.69, 9.17) is 14.2 Å². The molecular formula is C15H14O8. The highest BCUT2D eigenvalue weighted by Crippen LogP contribution is 2.51. The zero-order chi connectivity index (χ0) is 17.5. The van der Waals surface area contributed by atoms with Gasteiger partial charge in [-0.05, 0) is 6.92 Å². The summed E-state index contributed by atoms with van der Waals surface area (Å²) < 4.78 is 14.7. The van der Waals surface area contributed by atoms with E-state index in [1.165, 1.54) is 14.2 Å². The van der Waals surface area contributed by atoms with Crippen LogP contribution in [0.15, 0.2) is 11.3 Å². The fourth-order valence-electron chi connectivity index (χ4n) is 2.47. The Kier molecular flexibility index (Phi) is 4.00. The predicted octanol–water partition coefficient (Wildman–Crippen LogP) is 0.983. The minimum atomic E-state index is -0.947. The lowest BCUT2D eigenvalue weighted by Crippen LogP contribution is -2.27. The van der Waals surface area contributed by atoms with E-state index in [0.717, 1.165) is 14.0 Å². The van der Waals surface area contributed by atoms with Crippen molar-refractivity contribution in [2.24, 2.45) is 0 Å². The first-order chi connectivity index (χ1) is 10.8. The Balaban J connectivity index is 2.95. The summed E-state index contributed by atoms with van der Waals surface area (Å²) in [5.41, 5.74) is -1.55. The van der Waals surface area contributed by atoms with Crippen molar-refractivity contribution in [3.8, 4) is 23.0 Å². The van der Waals surface area contributed by atoms with Crippen molar-refractivity contribution in [1.29, 1.82) is 0 Å². The first-order valence-electron chi connectivity index (χ1n) is 6.40. The molecule has 0 saturated carbocycles. The van der Waals surface area contributed by atoms with Gasteiger partial charge in [-0.2, -0.15) is 0 Å². The molecule has 0 atom stereocenters. The molecule has 0 unspecified atom stereocenters. The first-order valence-corrected chi connectivity index (χ1v) is 6.40. The number of phenols is 2. The van der Waals surface area contributed by atoms with Crippen LogP contribution in [0.4, 0.5) is 0 Å². The van der Waals surface area contributed by atoms with Crippen molar-refractivity contribution in [1.82, 2.24) is 0 Å². The molecule has 0 fully saturated rings. The molecule has 0 amide bonds. The average molecular weight is 322 g/mol. The number of ether oxygens (including phenoxy) is 3. The Labute approximate surface area is 130 Å². The van der Waals surface area contributed by atoms with Crippen LogP contribution in [0.3, 0.4) is 0 Å². The quantitative estimate of drug-likeness (QED) is 0.622. The van der Waals surface area contributed by atoms with Gasteiger partial charge in [0, 0.05) is 0 Å². The highest BCUT2D eigenvalue weighted by molar-refractivity contribution is 6.37. The average Bonchev–Trinajstić information content (AvgIpc) is 2.51. The van der Waals surface area contributed by atoms with E-state index < -0.39 is 51.3 Å². The van der Waals surface area contributed by atoms with Gasteiger partial charge in [-0.15, -0.1) is 0 Å². The van der Waals surface area contributed by atoms with Crippen LogP contribution in [0, 0.1) is 0 Å². The molecule has 1 aliphatic rings. The molecule has 0 heterocycles. The Morgan fingerprint density at radius 3 is 1.61 bits per heavy atom. The largest absolute Gasteiger partial charge is 0.504 e. The van der Waals surface area contributed by atoms with Crippen LogP contribution >= 0.6 is 0 Å².